The van der Waals surface area contributed by atoms with Gasteiger partial charge in [-0.25, -0.2) is 9.78 Å². The molecule has 96 valence electrons. The average Bonchev–Trinajstić information content (AvgIpc) is 2.39. The number of nitrogens with one attached hydrogen (secondary N) is 1. The third kappa shape index (κ3) is 2.86. The molecule has 0 bridgehead atoms. The highest BCUT2D eigenvalue weighted by Gasteiger charge is 2.09. The molecule has 0 aliphatic rings. The van der Waals surface area contributed by atoms with Crippen molar-refractivity contribution >= 4 is 23.4 Å². The van der Waals surface area contributed by atoms with Gasteiger partial charge in [-0.2, -0.15) is 0 Å². The van der Waals surface area contributed by atoms with Gasteiger partial charge in [-0.05, 0) is 30.3 Å². The SMILES string of the molecule is NC(=O)c1cccnc1Nc1cccc(C(=O)O)c1. The van der Waals surface area contributed by atoms with Gasteiger partial charge >= 0.3 is 5.97 Å². The number of hydrogen-bond acceptors (Lipinski definition) is 4. The Morgan fingerprint density at radius 3 is 2.68 bits per heavy atom. The molecule has 0 saturated heterocycles. The van der Waals surface area contributed by atoms with Gasteiger partial charge in [0.2, 0.25) is 0 Å². The fourth-order valence-corrected chi connectivity index (χ4v) is 1.57. The van der Waals surface area contributed by atoms with Crippen molar-refractivity contribution in [3.63, 3.8) is 0 Å². The first-order valence-electron chi connectivity index (χ1n) is 5.43. The average molecular weight is 257 g/mol. The van der Waals surface area contributed by atoms with Crippen LogP contribution in [0, 0.1) is 0 Å². The molecule has 1 heterocycles. The van der Waals surface area contributed by atoms with Crippen molar-refractivity contribution < 1.29 is 14.7 Å². The molecule has 0 unspecified atom stereocenters. The molecular weight excluding hydrogens is 246 g/mol. The van der Waals surface area contributed by atoms with Crippen molar-refractivity contribution in [2.45, 2.75) is 0 Å². The van der Waals surface area contributed by atoms with Crippen molar-refractivity contribution in [3.05, 3.63) is 53.7 Å². The number of rotatable bonds is 4. The van der Waals surface area contributed by atoms with Gasteiger partial charge in [0, 0.05) is 11.9 Å². The molecule has 2 aromatic rings. The largest absolute Gasteiger partial charge is 0.478 e. The monoisotopic (exact) mass is 257 g/mol. The second kappa shape index (κ2) is 5.18. The van der Waals surface area contributed by atoms with E-state index in [0.29, 0.717) is 5.69 Å². The van der Waals surface area contributed by atoms with Crippen LogP contribution in [0.15, 0.2) is 42.6 Å². The lowest BCUT2D eigenvalue weighted by Gasteiger charge is -2.09. The number of anilines is 2. The molecule has 6 nitrogen and oxygen atoms in total. The maximum absolute atomic E-state index is 11.2. The highest BCUT2D eigenvalue weighted by Crippen LogP contribution is 2.19. The van der Waals surface area contributed by atoms with Crippen LogP contribution < -0.4 is 11.1 Å². The molecule has 2 rings (SSSR count). The predicted molar refractivity (Wildman–Crippen MR) is 69.4 cm³/mol. The number of carbonyl (C=O) groups excluding carboxylic acids is 1. The van der Waals surface area contributed by atoms with Crippen LogP contribution in [0.3, 0.4) is 0 Å². The predicted octanol–water partition coefficient (Wildman–Crippen LogP) is 1.62. The summed E-state index contributed by atoms with van der Waals surface area (Å²) >= 11 is 0. The lowest BCUT2D eigenvalue weighted by Crippen LogP contribution is -2.14. The molecular formula is C13H11N3O3. The first-order chi connectivity index (χ1) is 9.08. The van der Waals surface area contributed by atoms with Gasteiger partial charge < -0.3 is 16.2 Å². The van der Waals surface area contributed by atoms with E-state index < -0.39 is 11.9 Å². The summed E-state index contributed by atoms with van der Waals surface area (Å²) in [6.07, 6.45) is 1.51. The van der Waals surface area contributed by atoms with Crippen LogP contribution in [-0.4, -0.2) is 22.0 Å². The quantitative estimate of drug-likeness (QED) is 0.771. The van der Waals surface area contributed by atoms with E-state index in [9.17, 15) is 9.59 Å². The van der Waals surface area contributed by atoms with E-state index in [1.807, 2.05) is 0 Å². The van der Waals surface area contributed by atoms with Gasteiger partial charge in [0.1, 0.15) is 5.82 Å². The molecule has 0 fully saturated rings. The van der Waals surface area contributed by atoms with E-state index in [0.717, 1.165) is 0 Å². The summed E-state index contributed by atoms with van der Waals surface area (Å²) in [5.41, 5.74) is 6.13. The Kier molecular flexibility index (Phi) is 3.42. The van der Waals surface area contributed by atoms with E-state index >= 15 is 0 Å². The summed E-state index contributed by atoms with van der Waals surface area (Å²) in [5, 5.41) is 11.8. The van der Waals surface area contributed by atoms with E-state index in [1.54, 1.807) is 24.3 Å². The summed E-state index contributed by atoms with van der Waals surface area (Å²) in [5.74, 6) is -1.35. The number of aromatic carboxylic acids is 1. The minimum absolute atomic E-state index is 0.140. The van der Waals surface area contributed by atoms with E-state index in [1.165, 1.54) is 18.3 Å². The molecule has 4 N–H and O–H groups in total. The van der Waals surface area contributed by atoms with Crippen LogP contribution in [-0.2, 0) is 0 Å². The van der Waals surface area contributed by atoms with Crippen LogP contribution in [0.4, 0.5) is 11.5 Å². The first-order valence-corrected chi connectivity index (χ1v) is 5.43. The van der Waals surface area contributed by atoms with Gasteiger partial charge in [-0.3, -0.25) is 4.79 Å². The Bertz CT molecular complexity index is 641. The summed E-state index contributed by atoms with van der Waals surface area (Å²) in [4.78, 5) is 26.1. The highest BCUT2D eigenvalue weighted by molar-refractivity contribution is 5.98. The molecule has 0 radical (unpaired) electrons. The number of nitrogens with zero attached hydrogens (tertiary/aromatic N) is 1. The van der Waals surface area contributed by atoms with Crippen LogP contribution >= 0.6 is 0 Å². The summed E-state index contributed by atoms with van der Waals surface area (Å²) in [7, 11) is 0. The lowest BCUT2D eigenvalue weighted by molar-refractivity contribution is 0.0696. The van der Waals surface area contributed by atoms with Crippen molar-refractivity contribution in [2.75, 3.05) is 5.32 Å². The number of carboxylic acids is 1. The standard InChI is InChI=1S/C13H11N3O3/c14-11(17)10-5-2-6-15-12(10)16-9-4-1-3-8(7-9)13(18)19/h1-7H,(H2,14,17)(H,15,16)(H,18,19). The van der Waals surface area contributed by atoms with Gasteiger partial charge in [-0.1, -0.05) is 6.07 Å². The molecule has 1 aromatic carbocycles. The van der Waals surface area contributed by atoms with Crippen LogP contribution in [0.5, 0.6) is 0 Å². The Morgan fingerprint density at radius 1 is 1.21 bits per heavy atom. The molecule has 0 aliphatic carbocycles. The number of carboxylic acid groups (broad SMARTS) is 1. The molecule has 1 aromatic heterocycles. The van der Waals surface area contributed by atoms with Gasteiger partial charge in [-0.15, -0.1) is 0 Å². The molecule has 0 spiro atoms. The highest BCUT2D eigenvalue weighted by atomic mass is 16.4. The number of aromatic nitrogens is 1. The van der Waals surface area contributed by atoms with Crippen LogP contribution in [0.25, 0.3) is 0 Å². The molecule has 6 heteroatoms. The third-order valence-corrected chi connectivity index (χ3v) is 2.45. The van der Waals surface area contributed by atoms with E-state index in [2.05, 4.69) is 10.3 Å². The number of amides is 1. The van der Waals surface area contributed by atoms with Crippen molar-refractivity contribution in [1.82, 2.24) is 4.98 Å². The summed E-state index contributed by atoms with van der Waals surface area (Å²) in [6.45, 7) is 0. The fraction of sp³-hybridized carbons (Fsp3) is 0. The van der Waals surface area contributed by atoms with E-state index in [4.69, 9.17) is 10.8 Å². The Hall–Kier alpha value is -2.89. The van der Waals surface area contributed by atoms with Gasteiger partial charge in [0.05, 0.1) is 11.1 Å². The minimum Gasteiger partial charge on any atom is -0.478 e. The molecule has 0 aliphatic heterocycles. The van der Waals surface area contributed by atoms with Crippen LogP contribution in [0.2, 0.25) is 0 Å². The second-order valence-electron chi connectivity index (χ2n) is 3.77. The number of nitrogens with two attached hydrogens (primary N) is 1. The zero-order valence-corrected chi connectivity index (χ0v) is 9.83. The fourth-order valence-electron chi connectivity index (χ4n) is 1.57. The number of benzene rings is 1. The van der Waals surface area contributed by atoms with Crippen molar-refractivity contribution in [3.8, 4) is 0 Å². The maximum Gasteiger partial charge on any atom is 0.335 e. The maximum atomic E-state index is 11.2. The Labute approximate surface area is 108 Å². The van der Waals surface area contributed by atoms with Crippen molar-refractivity contribution in [2.24, 2.45) is 5.73 Å². The molecule has 1 amide bonds. The van der Waals surface area contributed by atoms with Gasteiger partial charge in [0.15, 0.2) is 0 Å². The number of hydrogen-bond donors (Lipinski definition) is 3. The second-order valence-corrected chi connectivity index (χ2v) is 3.77. The zero-order valence-electron chi connectivity index (χ0n) is 9.83. The Morgan fingerprint density at radius 2 is 2.00 bits per heavy atom. The van der Waals surface area contributed by atoms with Gasteiger partial charge in [0.25, 0.3) is 5.91 Å². The number of primary amides is 1. The van der Waals surface area contributed by atoms with Crippen LogP contribution in [0.1, 0.15) is 20.7 Å². The smallest absolute Gasteiger partial charge is 0.335 e. The first kappa shape index (κ1) is 12.6. The van der Waals surface area contributed by atoms with E-state index in [-0.39, 0.29) is 16.9 Å². The number of pyridine rings is 1. The molecule has 0 atom stereocenters. The molecule has 0 saturated carbocycles. The Balaban J connectivity index is 2.34. The summed E-state index contributed by atoms with van der Waals surface area (Å²) < 4.78 is 0. The topological polar surface area (TPSA) is 105 Å². The van der Waals surface area contributed by atoms with Crippen molar-refractivity contribution in [1.29, 1.82) is 0 Å². The third-order valence-electron chi connectivity index (χ3n) is 2.45. The number of carbonyl (C=O) groups is 2. The normalized spacial score (nSPS) is 9.89. The lowest BCUT2D eigenvalue weighted by atomic mass is 10.2. The summed E-state index contributed by atoms with van der Waals surface area (Å²) in [6, 6.07) is 9.32. The molecule has 19 heavy (non-hydrogen) atoms. The zero-order chi connectivity index (χ0) is 13.8. The minimum atomic E-state index is -1.03.